The highest BCUT2D eigenvalue weighted by atomic mass is 79.9. The number of ether oxygens (including phenoxy) is 6. The molecule has 4 aliphatic heterocycles. The van der Waals surface area contributed by atoms with E-state index in [1.54, 1.807) is 59.4 Å². The van der Waals surface area contributed by atoms with Crippen molar-refractivity contribution in [1.82, 2.24) is 55.7 Å². The van der Waals surface area contributed by atoms with Crippen LogP contribution in [0.15, 0.2) is 92.3 Å². The Labute approximate surface area is 662 Å². The van der Waals surface area contributed by atoms with E-state index >= 15 is 0 Å². The zero-order valence-corrected chi connectivity index (χ0v) is 67.2. The number of hydrogen-bond donors (Lipinski definition) is 6. The van der Waals surface area contributed by atoms with E-state index in [9.17, 15) is 19.6 Å². The predicted molar refractivity (Wildman–Crippen MR) is 411 cm³/mol. The number of carbonyl (C=O) groups is 3. The molecule has 10 aliphatic rings. The third kappa shape index (κ3) is 22.5. The zero-order valence-electron chi connectivity index (χ0n) is 58.6. The molecule has 0 saturated heterocycles. The molecule has 6 aromatic rings. The molecule has 0 unspecified atom stereocenters. The number of aldehydes is 1. The summed E-state index contributed by atoms with van der Waals surface area (Å²) in [6.45, 7) is 16.9. The largest absolute Gasteiger partial charge is 0.490 e. The number of nitrogens with zero attached hydrogens (tertiary/aromatic N) is 10. The van der Waals surface area contributed by atoms with E-state index in [1.165, 1.54) is 31.4 Å². The Morgan fingerprint density at radius 3 is 1.37 bits per heavy atom. The normalized spacial score (nSPS) is 18.8. The van der Waals surface area contributed by atoms with Crippen LogP contribution >= 0.6 is 99.3 Å². The third-order valence-corrected chi connectivity index (χ3v) is 22.3. The minimum Gasteiger partial charge on any atom is -0.490 e. The summed E-state index contributed by atoms with van der Waals surface area (Å²) in [6, 6.07) is 4.21. The summed E-state index contributed by atoms with van der Waals surface area (Å²) in [5, 5.41) is 47.0. The lowest BCUT2D eigenvalue weighted by Crippen LogP contribution is -2.46. The van der Waals surface area contributed by atoms with Crippen molar-refractivity contribution in [1.29, 1.82) is 10.5 Å². The standard InChI is InChI=1S/C16H19N3O3.C15H19BrN2O3.C11H11N3O.C10H12BrClN2O.C10H11BrN2O.C6H3BrClNO.C4H9NO.CH4.ClH/c1-15(2,3)22-14(20)19-9-12-8-18-7-11(6-17)13(12)21-10-16(19)4-5-16;1-14(2,3)21-13(19)18-8-10-6-17-7-11(16)12(10)20-9-15(18)4-5-15;12-3-8-4-13-5-9-6-14-11(1-2-11)7-15-10(8)9;11-8-5-13-3-7(9(8)12)4-14-10(6-15)1-2-10;11-8-5-12-3-7-4-13-10(1-2-10)6-14-9(7)8;7-5-2-9-1-4(3-10)6(5)8;5-4(3-6)1-2-4;;/h7-8H,4-5,9-10H2,1-3H3;6-7H,4-5,8-9H2,1-3H3;4-5,14H,1-2,6-7H2;3,5,14-15H,1-2,4,6H2;3,5,13H,1-2,4,6H2;1-3H;6H,1-3,5H2;1H4;1H. The van der Waals surface area contributed by atoms with Crippen LogP contribution in [0.1, 0.15) is 175 Å². The molecule has 105 heavy (non-hydrogen) atoms. The van der Waals surface area contributed by atoms with Crippen molar-refractivity contribution in [3.8, 4) is 35.1 Å². The highest BCUT2D eigenvalue weighted by Gasteiger charge is 2.55. The average molecular weight is 1760 g/mol. The monoisotopic (exact) mass is 1760 g/mol. The van der Waals surface area contributed by atoms with E-state index in [-0.39, 0.29) is 78.5 Å². The molecule has 0 bridgehead atoms. The van der Waals surface area contributed by atoms with Gasteiger partial charge in [0.15, 0.2) is 6.29 Å². The van der Waals surface area contributed by atoms with Crippen molar-refractivity contribution >= 4 is 118 Å². The summed E-state index contributed by atoms with van der Waals surface area (Å²) >= 11 is 25.2. The molecule has 25 nitrogen and oxygen atoms in total. The second kappa shape index (κ2) is 35.5. The topological polar surface area (TPSA) is 341 Å². The molecule has 4 spiro atoms. The van der Waals surface area contributed by atoms with Gasteiger partial charge in [0.05, 0.1) is 82.0 Å². The number of halogens is 7. The van der Waals surface area contributed by atoms with Crippen molar-refractivity contribution in [3.63, 3.8) is 0 Å². The first kappa shape index (κ1) is 84.5. The first-order chi connectivity index (χ1) is 49.0. The Kier molecular flexibility index (Phi) is 28.5. The van der Waals surface area contributed by atoms with Gasteiger partial charge in [-0.15, -0.1) is 12.4 Å². The number of nitriles is 2. The summed E-state index contributed by atoms with van der Waals surface area (Å²) < 4.78 is 37.6. The van der Waals surface area contributed by atoms with Crippen LogP contribution in [0.5, 0.6) is 23.0 Å². The van der Waals surface area contributed by atoms with E-state index < -0.39 is 11.2 Å². The number of hydrogen-bond acceptors (Lipinski definition) is 23. The van der Waals surface area contributed by atoms with Gasteiger partial charge in [-0.2, -0.15) is 10.5 Å². The maximum atomic E-state index is 12.5. The maximum absolute atomic E-state index is 12.5. The van der Waals surface area contributed by atoms with Crippen LogP contribution in [-0.4, -0.2) is 152 Å². The van der Waals surface area contributed by atoms with Crippen LogP contribution in [0.4, 0.5) is 9.59 Å². The smallest absolute Gasteiger partial charge is 0.411 e. The first-order valence-corrected chi connectivity index (χ1v) is 37.7. The number of pyridine rings is 6. The average Bonchev–Trinajstić information content (AvgIpc) is 1.61. The lowest BCUT2D eigenvalue weighted by atomic mass is 10.1. The quantitative estimate of drug-likeness (QED) is 0.0844. The van der Waals surface area contributed by atoms with Gasteiger partial charge in [-0.25, -0.2) is 9.59 Å². The Hall–Kier alpha value is -6.16. The van der Waals surface area contributed by atoms with E-state index in [4.69, 9.17) is 72.8 Å². The van der Waals surface area contributed by atoms with Gasteiger partial charge in [-0.05, 0) is 182 Å². The number of fused-ring (bicyclic) bond motifs is 4. The number of nitrogens with one attached hydrogen (secondary N) is 3. The fourth-order valence-corrected chi connectivity index (χ4v) is 13.0. The Morgan fingerprint density at radius 1 is 0.571 bits per heavy atom. The van der Waals surface area contributed by atoms with Crippen LogP contribution in [-0.2, 0) is 42.2 Å². The molecular weight excluding hydrogens is 1670 g/mol. The molecule has 2 amide bonds. The van der Waals surface area contributed by atoms with Gasteiger partial charge < -0.3 is 60.3 Å². The van der Waals surface area contributed by atoms with Gasteiger partial charge in [0.25, 0.3) is 0 Å². The molecular formula is C73H89Br4Cl3N14O11. The predicted octanol–water partition coefficient (Wildman–Crippen LogP) is 13.9. The highest BCUT2D eigenvalue weighted by molar-refractivity contribution is 9.11. The summed E-state index contributed by atoms with van der Waals surface area (Å²) in [5.41, 5.74) is 10.1. The molecule has 10 heterocycles. The number of aromatic nitrogens is 6. The first-order valence-electron chi connectivity index (χ1n) is 33.8. The maximum Gasteiger partial charge on any atom is 0.411 e. The van der Waals surface area contributed by atoms with Gasteiger partial charge in [0, 0.05) is 133 Å². The summed E-state index contributed by atoms with van der Waals surface area (Å²) in [7, 11) is 0. The second-order valence-electron chi connectivity index (χ2n) is 29.3. The van der Waals surface area contributed by atoms with Gasteiger partial charge in [0.1, 0.15) is 83.9 Å². The van der Waals surface area contributed by atoms with Gasteiger partial charge in [-0.3, -0.25) is 44.5 Å². The van der Waals surface area contributed by atoms with E-state index in [1.807, 2.05) is 47.7 Å². The lowest BCUT2D eigenvalue weighted by molar-refractivity contribution is 0.00613. The molecule has 566 valence electrons. The number of amides is 2. The summed E-state index contributed by atoms with van der Waals surface area (Å²) in [6.07, 6.45) is 32.5. The molecule has 6 saturated carbocycles. The van der Waals surface area contributed by atoms with Gasteiger partial charge in [0.2, 0.25) is 0 Å². The molecule has 6 aliphatic carbocycles. The molecule has 0 atom stereocenters. The lowest BCUT2D eigenvalue weighted by Gasteiger charge is -2.31. The summed E-state index contributed by atoms with van der Waals surface area (Å²) in [5.74, 6) is 2.98. The van der Waals surface area contributed by atoms with Crippen LogP contribution in [0.2, 0.25) is 10.0 Å². The third-order valence-electron chi connectivity index (χ3n) is 18.6. The Balaban J connectivity index is 0.000000158. The van der Waals surface area contributed by atoms with E-state index in [0.717, 1.165) is 137 Å². The highest BCUT2D eigenvalue weighted by Crippen LogP contribution is 2.49. The SMILES string of the molecule is Brc1cncc2c1OCC1(CC1)NC2.C.CC(C)(C)OC(=O)N1Cc2cncc(Br)c2OCC12CC2.CC(C)(C)OC(=O)N1Cc2cncc(C#N)c2OCC12CC2.Cl.N#Cc1cncc2c1OCC1(CC1)NC2.NC1(CO)CC1.O=Cc1cncc(Br)c1Cl.OCC1(NCc2cncc(Br)c2Cl)CC1. The Morgan fingerprint density at radius 2 is 0.962 bits per heavy atom. The molecule has 7 N–H and O–H groups in total. The van der Waals surface area contributed by atoms with E-state index in [2.05, 4.69) is 122 Å². The Bertz CT molecular complexity index is 4160. The fourth-order valence-electron chi connectivity index (χ4n) is 11.0. The molecule has 0 radical (unpaired) electrons. The zero-order chi connectivity index (χ0) is 74.2. The van der Waals surface area contributed by atoms with Gasteiger partial charge >= 0.3 is 12.2 Å². The molecule has 0 aromatic carbocycles. The van der Waals surface area contributed by atoms with Crippen LogP contribution in [0.3, 0.4) is 0 Å². The van der Waals surface area contributed by atoms with Crippen LogP contribution in [0, 0.1) is 22.7 Å². The molecule has 6 aromatic heterocycles. The second-order valence-corrected chi connectivity index (χ2v) is 33.5. The number of carbonyl (C=O) groups excluding carboxylic acids is 3. The van der Waals surface area contributed by atoms with Crippen molar-refractivity contribution < 1.29 is 53.0 Å². The fraction of sp³-hybridized carbons (Fsp3) is 0.521. The van der Waals surface area contributed by atoms with Gasteiger partial charge in [-0.1, -0.05) is 30.6 Å². The number of aliphatic hydroxyl groups excluding tert-OH is 2. The molecule has 32 heteroatoms. The van der Waals surface area contributed by atoms with Crippen LogP contribution in [0.25, 0.3) is 0 Å². The minimum atomic E-state index is -0.546. The van der Waals surface area contributed by atoms with Crippen molar-refractivity contribution in [2.75, 3.05) is 39.6 Å². The van der Waals surface area contributed by atoms with E-state index in [0.29, 0.717) is 88.4 Å². The van der Waals surface area contributed by atoms with Crippen molar-refractivity contribution in [3.05, 3.63) is 147 Å². The number of aliphatic hydroxyl groups is 2. The van der Waals surface area contributed by atoms with Crippen molar-refractivity contribution in [2.24, 2.45) is 5.73 Å². The summed E-state index contributed by atoms with van der Waals surface area (Å²) in [4.78, 5) is 63.1. The molecule has 16 rings (SSSR count). The molecule has 6 fully saturated rings. The number of rotatable bonds is 6. The van der Waals surface area contributed by atoms with Crippen molar-refractivity contribution in [2.45, 2.75) is 203 Å². The number of nitrogens with two attached hydrogens (primary N) is 1. The van der Waals surface area contributed by atoms with Crippen LogP contribution < -0.4 is 40.6 Å². The minimum absolute atomic E-state index is 0.